The molecule has 0 N–H and O–H groups in total. The Morgan fingerprint density at radius 2 is 1.80 bits per heavy atom. The summed E-state index contributed by atoms with van der Waals surface area (Å²) in [5.41, 5.74) is 2.44. The van der Waals surface area contributed by atoms with Crippen LogP contribution in [0.15, 0.2) is 72.8 Å². The van der Waals surface area contributed by atoms with Gasteiger partial charge in [0, 0.05) is 10.6 Å². The van der Waals surface area contributed by atoms with Gasteiger partial charge in [0.25, 0.3) is 5.91 Å². The second kappa shape index (κ2) is 8.86. The van der Waals surface area contributed by atoms with Crippen LogP contribution in [-0.2, 0) is 6.54 Å². The molecule has 0 saturated heterocycles. The Kier molecular flexibility index (Phi) is 6.02. The standard InChI is InChI=1S/C24H21ClN2O2S/c1-16(2)29-20-11-8-18(9-12-20)23(28)27(15-17-6-4-3-5-7-17)24-26-21-13-10-19(25)14-22(21)30-24/h3-14,16H,15H2,1-2H3. The molecule has 6 heteroatoms. The molecule has 0 radical (unpaired) electrons. The summed E-state index contributed by atoms with van der Waals surface area (Å²) >= 11 is 7.59. The first-order chi connectivity index (χ1) is 14.5. The van der Waals surface area contributed by atoms with Crippen molar-refractivity contribution in [2.45, 2.75) is 26.5 Å². The largest absolute Gasteiger partial charge is 0.491 e. The van der Waals surface area contributed by atoms with Gasteiger partial charge in [-0.2, -0.15) is 0 Å². The van der Waals surface area contributed by atoms with Crippen molar-refractivity contribution in [2.24, 2.45) is 0 Å². The van der Waals surface area contributed by atoms with Crippen molar-refractivity contribution in [3.8, 4) is 5.75 Å². The highest BCUT2D eigenvalue weighted by molar-refractivity contribution is 7.22. The first kappa shape index (κ1) is 20.4. The van der Waals surface area contributed by atoms with E-state index in [4.69, 9.17) is 21.3 Å². The highest BCUT2D eigenvalue weighted by Gasteiger charge is 2.22. The topological polar surface area (TPSA) is 42.4 Å². The van der Waals surface area contributed by atoms with Crippen LogP contribution in [0.4, 0.5) is 5.13 Å². The molecule has 1 amide bonds. The zero-order valence-corrected chi connectivity index (χ0v) is 18.3. The van der Waals surface area contributed by atoms with E-state index in [1.807, 2.05) is 74.5 Å². The fourth-order valence-corrected chi connectivity index (χ4v) is 4.34. The van der Waals surface area contributed by atoms with Crippen molar-refractivity contribution in [3.63, 3.8) is 0 Å². The number of aromatic nitrogens is 1. The van der Waals surface area contributed by atoms with E-state index in [9.17, 15) is 4.79 Å². The summed E-state index contributed by atoms with van der Waals surface area (Å²) in [7, 11) is 0. The molecule has 1 aromatic heterocycles. The van der Waals surface area contributed by atoms with Gasteiger partial charge in [0.2, 0.25) is 0 Å². The van der Waals surface area contributed by atoms with Gasteiger partial charge in [-0.1, -0.05) is 53.3 Å². The second-order valence-corrected chi connectivity index (χ2v) is 8.62. The molecule has 0 bridgehead atoms. The third-order valence-electron chi connectivity index (χ3n) is 4.47. The van der Waals surface area contributed by atoms with Gasteiger partial charge in [-0.05, 0) is 61.9 Å². The van der Waals surface area contributed by atoms with Crippen LogP contribution in [-0.4, -0.2) is 17.0 Å². The quantitative estimate of drug-likeness (QED) is 0.342. The molecule has 4 aromatic rings. The Labute approximate surface area is 184 Å². The highest BCUT2D eigenvalue weighted by Crippen LogP contribution is 2.32. The minimum absolute atomic E-state index is 0.0794. The number of halogens is 1. The van der Waals surface area contributed by atoms with Crippen LogP contribution in [0.5, 0.6) is 5.75 Å². The average molecular weight is 437 g/mol. The summed E-state index contributed by atoms with van der Waals surface area (Å²) in [6, 6.07) is 22.7. The average Bonchev–Trinajstić information content (AvgIpc) is 3.15. The molecular weight excluding hydrogens is 416 g/mol. The predicted octanol–water partition coefficient (Wildman–Crippen LogP) is 6.58. The van der Waals surface area contributed by atoms with Gasteiger partial charge in [-0.25, -0.2) is 4.98 Å². The number of thiazole rings is 1. The van der Waals surface area contributed by atoms with Gasteiger partial charge >= 0.3 is 0 Å². The van der Waals surface area contributed by atoms with Crippen LogP contribution in [0.25, 0.3) is 10.2 Å². The maximum atomic E-state index is 13.5. The SMILES string of the molecule is CC(C)Oc1ccc(C(=O)N(Cc2ccccc2)c2nc3ccc(Cl)cc3s2)cc1. The predicted molar refractivity (Wildman–Crippen MR) is 124 cm³/mol. The minimum Gasteiger partial charge on any atom is -0.491 e. The van der Waals surface area contributed by atoms with Crippen molar-refractivity contribution < 1.29 is 9.53 Å². The lowest BCUT2D eigenvalue weighted by atomic mass is 10.1. The summed E-state index contributed by atoms with van der Waals surface area (Å²) in [5, 5.41) is 1.29. The molecule has 0 aliphatic carbocycles. The van der Waals surface area contributed by atoms with Crippen molar-refractivity contribution >= 4 is 44.2 Å². The van der Waals surface area contributed by atoms with Gasteiger partial charge in [0.1, 0.15) is 5.75 Å². The second-order valence-electron chi connectivity index (χ2n) is 7.18. The van der Waals surface area contributed by atoms with Gasteiger partial charge in [-0.15, -0.1) is 0 Å². The van der Waals surface area contributed by atoms with Gasteiger partial charge in [-0.3, -0.25) is 9.69 Å². The Balaban J connectivity index is 1.69. The molecule has 152 valence electrons. The van der Waals surface area contributed by atoms with Crippen molar-refractivity contribution in [1.82, 2.24) is 4.98 Å². The number of amides is 1. The molecule has 0 aliphatic rings. The summed E-state index contributed by atoms with van der Waals surface area (Å²) in [5.74, 6) is 0.630. The number of hydrogen-bond acceptors (Lipinski definition) is 4. The molecule has 0 spiro atoms. The van der Waals surface area contributed by atoms with E-state index in [-0.39, 0.29) is 12.0 Å². The number of carbonyl (C=O) groups excluding carboxylic acids is 1. The van der Waals surface area contributed by atoms with Crippen LogP contribution in [0.3, 0.4) is 0 Å². The molecular formula is C24H21ClN2O2S. The van der Waals surface area contributed by atoms with E-state index in [0.29, 0.717) is 22.3 Å². The lowest BCUT2D eigenvalue weighted by Gasteiger charge is -2.20. The number of fused-ring (bicyclic) bond motifs is 1. The van der Waals surface area contributed by atoms with E-state index >= 15 is 0 Å². The minimum atomic E-state index is -0.111. The molecule has 0 saturated carbocycles. The third-order valence-corrected chi connectivity index (χ3v) is 5.75. The van der Waals surface area contributed by atoms with Crippen LogP contribution < -0.4 is 9.64 Å². The van der Waals surface area contributed by atoms with Gasteiger partial charge in [0.05, 0.1) is 22.9 Å². The molecule has 0 atom stereocenters. The number of rotatable bonds is 6. The Bertz CT molecular complexity index is 1160. The zero-order valence-electron chi connectivity index (χ0n) is 16.7. The monoisotopic (exact) mass is 436 g/mol. The number of hydrogen-bond donors (Lipinski definition) is 0. The number of anilines is 1. The van der Waals surface area contributed by atoms with Gasteiger partial charge in [0.15, 0.2) is 5.13 Å². The molecule has 0 unspecified atom stereocenters. The first-order valence-electron chi connectivity index (χ1n) is 9.68. The van der Waals surface area contributed by atoms with Crippen molar-refractivity contribution in [3.05, 3.63) is 88.9 Å². The summed E-state index contributed by atoms with van der Waals surface area (Å²) in [6.07, 6.45) is 0.0794. The maximum absolute atomic E-state index is 13.5. The van der Waals surface area contributed by atoms with Crippen LogP contribution in [0, 0.1) is 0 Å². The van der Waals surface area contributed by atoms with Crippen molar-refractivity contribution in [1.29, 1.82) is 0 Å². The summed E-state index contributed by atoms with van der Waals surface area (Å²) in [6.45, 7) is 4.37. The lowest BCUT2D eigenvalue weighted by Crippen LogP contribution is -2.30. The molecule has 1 heterocycles. The Morgan fingerprint density at radius 3 is 2.50 bits per heavy atom. The molecule has 4 nitrogen and oxygen atoms in total. The molecule has 4 rings (SSSR count). The van der Waals surface area contributed by atoms with Crippen molar-refractivity contribution in [2.75, 3.05) is 4.90 Å². The Hall–Kier alpha value is -2.89. The van der Waals surface area contributed by atoms with E-state index < -0.39 is 0 Å². The lowest BCUT2D eigenvalue weighted by molar-refractivity contribution is 0.0985. The summed E-state index contributed by atoms with van der Waals surface area (Å²) in [4.78, 5) is 19.9. The number of ether oxygens (including phenoxy) is 1. The molecule has 3 aromatic carbocycles. The highest BCUT2D eigenvalue weighted by atomic mass is 35.5. The number of nitrogens with zero attached hydrogens (tertiary/aromatic N) is 2. The smallest absolute Gasteiger partial charge is 0.260 e. The van der Waals surface area contributed by atoms with Crippen LogP contribution in [0.2, 0.25) is 5.02 Å². The third kappa shape index (κ3) is 4.64. The van der Waals surface area contributed by atoms with E-state index in [0.717, 1.165) is 21.5 Å². The van der Waals surface area contributed by atoms with Crippen LogP contribution in [0.1, 0.15) is 29.8 Å². The number of benzene rings is 3. The zero-order chi connectivity index (χ0) is 21.1. The van der Waals surface area contributed by atoms with Gasteiger partial charge < -0.3 is 4.74 Å². The van der Waals surface area contributed by atoms with E-state index in [1.165, 1.54) is 11.3 Å². The van der Waals surface area contributed by atoms with E-state index in [2.05, 4.69) is 0 Å². The molecule has 0 fully saturated rings. The fourth-order valence-electron chi connectivity index (χ4n) is 3.10. The first-order valence-corrected chi connectivity index (χ1v) is 10.9. The molecule has 30 heavy (non-hydrogen) atoms. The fraction of sp³-hybridized carbons (Fsp3) is 0.167. The maximum Gasteiger partial charge on any atom is 0.260 e. The van der Waals surface area contributed by atoms with Crippen LogP contribution >= 0.6 is 22.9 Å². The molecule has 0 aliphatic heterocycles. The normalized spacial score (nSPS) is 11.1. The summed E-state index contributed by atoms with van der Waals surface area (Å²) < 4.78 is 6.64. The number of carbonyl (C=O) groups is 1. The van der Waals surface area contributed by atoms with E-state index in [1.54, 1.807) is 17.0 Å². The Morgan fingerprint density at radius 1 is 1.07 bits per heavy atom.